The lowest BCUT2D eigenvalue weighted by molar-refractivity contribution is -0.0301. The molecule has 0 radical (unpaired) electrons. The smallest absolute Gasteiger partial charge is 0.161 e. The molecule has 0 amide bonds. The number of aliphatic hydroxyl groups is 1. The number of hydrogen-bond donors (Lipinski definition) is 1. The number of nitrogens with zero attached hydrogens (tertiary/aromatic N) is 1. The SMILES string of the molecule is COc1ccc(CCCN(C)CCC2(O)CCc3cc(OC)c(OC)cc3C2C(C)C)cc1OC. The van der Waals surface area contributed by atoms with Crippen LogP contribution in [0.1, 0.15) is 55.7 Å². The lowest BCUT2D eigenvalue weighted by atomic mass is 9.66. The molecule has 0 fully saturated rings. The zero-order valence-corrected chi connectivity index (χ0v) is 22.5. The van der Waals surface area contributed by atoms with E-state index in [0.29, 0.717) is 5.92 Å². The maximum atomic E-state index is 11.9. The van der Waals surface area contributed by atoms with Crippen LogP contribution < -0.4 is 18.9 Å². The largest absolute Gasteiger partial charge is 0.493 e. The molecule has 2 unspecified atom stereocenters. The Kier molecular flexibility index (Phi) is 9.31. The van der Waals surface area contributed by atoms with Crippen molar-refractivity contribution in [2.75, 3.05) is 48.6 Å². The van der Waals surface area contributed by atoms with Crippen LogP contribution in [0.15, 0.2) is 30.3 Å². The van der Waals surface area contributed by atoms with Gasteiger partial charge >= 0.3 is 0 Å². The van der Waals surface area contributed by atoms with Crippen LogP contribution in [0.4, 0.5) is 0 Å². The summed E-state index contributed by atoms with van der Waals surface area (Å²) >= 11 is 0. The molecule has 35 heavy (non-hydrogen) atoms. The summed E-state index contributed by atoms with van der Waals surface area (Å²) in [6.45, 7) is 6.23. The van der Waals surface area contributed by atoms with Crippen molar-refractivity contribution in [1.82, 2.24) is 4.90 Å². The summed E-state index contributed by atoms with van der Waals surface area (Å²) in [5.41, 5.74) is 2.96. The van der Waals surface area contributed by atoms with E-state index in [1.807, 2.05) is 6.07 Å². The lowest BCUT2D eigenvalue weighted by Gasteiger charge is -2.44. The summed E-state index contributed by atoms with van der Waals surface area (Å²) in [4.78, 5) is 2.33. The summed E-state index contributed by atoms with van der Waals surface area (Å²) in [5.74, 6) is 3.39. The molecule has 1 aliphatic rings. The highest BCUT2D eigenvalue weighted by atomic mass is 16.5. The van der Waals surface area contributed by atoms with E-state index in [9.17, 15) is 5.11 Å². The van der Waals surface area contributed by atoms with Crippen molar-refractivity contribution in [2.45, 2.75) is 57.5 Å². The molecule has 0 aromatic heterocycles. The van der Waals surface area contributed by atoms with Gasteiger partial charge in [-0.2, -0.15) is 0 Å². The Morgan fingerprint density at radius 2 is 1.54 bits per heavy atom. The third-order valence-electron chi connectivity index (χ3n) is 7.43. The van der Waals surface area contributed by atoms with E-state index >= 15 is 0 Å². The number of ether oxygens (including phenoxy) is 4. The number of rotatable bonds is 12. The van der Waals surface area contributed by atoms with E-state index in [4.69, 9.17) is 18.9 Å². The fourth-order valence-corrected chi connectivity index (χ4v) is 5.58. The van der Waals surface area contributed by atoms with Crippen molar-refractivity contribution in [2.24, 2.45) is 5.92 Å². The minimum atomic E-state index is -0.738. The Morgan fingerprint density at radius 1 is 0.914 bits per heavy atom. The fraction of sp³-hybridized carbons (Fsp3) is 0.586. The third-order valence-corrected chi connectivity index (χ3v) is 7.43. The van der Waals surface area contributed by atoms with E-state index in [-0.39, 0.29) is 5.92 Å². The Balaban J connectivity index is 1.62. The third kappa shape index (κ3) is 6.22. The number of hydrogen-bond acceptors (Lipinski definition) is 6. The summed E-state index contributed by atoms with van der Waals surface area (Å²) < 4.78 is 21.9. The first kappa shape index (κ1) is 27.2. The molecule has 6 nitrogen and oxygen atoms in total. The van der Waals surface area contributed by atoms with Gasteiger partial charge in [0.2, 0.25) is 0 Å². The summed E-state index contributed by atoms with van der Waals surface area (Å²) in [5, 5.41) is 11.9. The van der Waals surface area contributed by atoms with Gasteiger partial charge in [-0.05, 0) is 92.6 Å². The van der Waals surface area contributed by atoms with E-state index in [1.165, 1.54) is 16.7 Å². The molecule has 0 aliphatic heterocycles. The molecule has 2 atom stereocenters. The second-order valence-corrected chi connectivity index (χ2v) is 10.1. The molecule has 2 aromatic carbocycles. The van der Waals surface area contributed by atoms with Crippen LogP contribution >= 0.6 is 0 Å². The predicted octanol–water partition coefficient (Wildman–Crippen LogP) is 5.09. The minimum absolute atomic E-state index is 0.0613. The highest BCUT2D eigenvalue weighted by Crippen LogP contribution is 2.48. The van der Waals surface area contributed by atoms with Gasteiger partial charge in [-0.15, -0.1) is 0 Å². The fourth-order valence-electron chi connectivity index (χ4n) is 5.58. The topological polar surface area (TPSA) is 60.4 Å². The van der Waals surface area contributed by atoms with Crippen molar-refractivity contribution in [3.63, 3.8) is 0 Å². The predicted molar refractivity (Wildman–Crippen MR) is 140 cm³/mol. The molecule has 1 N–H and O–H groups in total. The van der Waals surface area contributed by atoms with Crippen molar-refractivity contribution in [3.05, 3.63) is 47.0 Å². The summed E-state index contributed by atoms with van der Waals surface area (Å²) in [7, 11) is 8.81. The molecule has 0 saturated heterocycles. The van der Waals surface area contributed by atoms with E-state index in [2.05, 4.69) is 50.1 Å². The molecule has 2 aromatic rings. The van der Waals surface area contributed by atoms with Crippen molar-refractivity contribution in [3.8, 4) is 23.0 Å². The van der Waals surface area contributed by atoms with Crippen LogP contribution in [0.2, 0.25) is 0 Å². The van der Waals surface area contributed by atoms with Gasteiger partial charge in [0.1, 0.15) is 0 Å². The Morgan fingerprint density at radius 3 is 2.17 bits per heavy atom. The zero-order valence-electron chi connectivity index (χ0n) is 22.5. The summed E-state index contributed by atoms with van der Waals surface area (Å²) in [6, 6.07) is 10.3. The number of methoxy groups -OCH3 is 4. The molecular formula is C29H43NO5. The van der Waals surface area contributed by atoms with Crippen LogP contribution in [0.25, 0.3) is 0 Å². The van der Waals surface area contributed by atoms with Gasteiger partial charge in [-0.3, -0.25) is 0 Å². The Hall–Kier alpha value is -2.44. The van der Waals surface area contributed by atoms with E-state index < -0.39 is 5.60 Å². The Bertz CT molecular complexity index is 976. The number of benzene rings is 2. The first-order valence-corrected chi connectivity index (χ1v) is 12.6. The first-order valence-electron chi connectivity index (χ1n) is 12.6. The van der Waals surface area contributed by atoms with Gasteiger partial charge < -0.3 is 29.0 Å². The molecule has 3 rings (SSSR count). The van der Waals surface area contributed by atoms with Crippen molar-refractivity contribution in [1.29, 1.82) is 0 Å². The maximum Gasteiger partial charge on any atom is 0.161 e. The molecule has 194 valence electrons. The lowest BCUT2D eigenvalue weighted by Crippen LogP contribution is -2.45. The second kappa shape index (κ2) is 12.0. The van der Waals surface area contributed by atoms with Crippen LogP contribution in [0.3, 0.4) is 0 Å². The van der Waals surface area contributed by atoms with Crippen LogP contribution in [-0.4, -0.2) is 64.2 Å². The molecule has 6 heteroatoms. The first-order chi connectivity index (χ1) is 16.8. The van der Waals surface area contributed by atoms with Crippen LogP contribution in [0.5, 0.6) is 23.0 Å². The minimum Gasteiger partial charge on any atom is -0.493 e. The van der Waals surface area contributed by atoms with E-state index in [0.717, 1.165) is 68.2 Å². The summed E-state index contributed by atoms with van der Waals surface area (Å²) in [6.07, 6.45) is 4.36. The van der Waals surface area contributed by atoms with Gasteiger partial charge in [-0.25, -0.2) is 0 Å². The average molecular weight is 486 g/mol. The molecule has 1 aliphatic carbocycles. The van der Waals surface area contributed by atoms with Gasteiger partial charge in [-0.1, -0.05) is 19.9 Å². The van der Waals surface area contributed by atoms with Crippen LogP contribution in [-0.2, 0) is 12.8 Å². The second-order valence-electron chi connectivity index (χ2n) is 10.1. The van der Waals surface area contributed by atoms with E-state index in [1.54, 1.807) is 28.4 Å². The normalized spacial score (nSPS) is 19.5. The van der Waals surface area contributed by atoms with Gasteiger partial charge in [0.25, 0.3) is 0 Å². The highest BCUT2D eigenvalue weighted by Gasteiger charge is 2.43. The highest BCUT2D eigenvalue weighted by molar-refractivity contribution is 5.50. The molecule has 0 heterocycles. The molecule has 0 saturated carbocycles. The van der Waals surface area contributed by atoms with Gasteiger partial charge in [0.15, 0.2) is 23.0 Å². The quantitative estimate of drug-likeness (QED) is 0.452. The average Bonchev–Trinajstić information content (AvgIpc) is 2.86. The number of aryl methyl sites for hydroxylation is 2. The Labute approximate surface area is 211 Å². The van der Waals surface area contributed by atoms with Crippen molar-refractivity contribution >= 4 is 0 Å². The van der Waals surface area contributed by atoms with Crippen molar-refractivity contribution < 1.29 is 24.1 Å². The monoisotopic (exact) mass is 485 g/mol. The van der Waals surface area contributed by atoms with Gasteiger partial charge in [0, 0.05) is 12.5 Å². The standard InChI is InChI=1S/C29H43NO5/c1-20(2)28-23-19-27(35-7)26(34-6)18-22(23)12-13-29(28,31)14-16-30(3)15-8-9-21-10-11-24(32-4)25(17-21)33-5/h10-11,17-20,28,31H,8-9,12-16H2,1-7H3. The molecule has 0 bridgehead atoms. The number of fused-ring (bicyclic) bond motifs is 1. The maximum absolute atomic E-state index is 11.9. The molecular weight excluding hydrogens is 442 g/mol. The van der Waals surface area contributed by atoms with Gasteiger partial charge in [0.05, 0.1) is 34.0 Å². The zero-order chi connectivity index (χ0) is 25.6. The van der Waals surface area contributed by atoms with Crippen LogP contribution in [0, 0.1) is 5.92 Å². The molecule has 0 spiro atoms.